The Hall–Kier alpha value is -4.58. The van der Waals surface area contributed by atoms with E-state index in [1.54, 1.807) is 0 Å². The van der Waals surface area contributed by atoms with E-state index < -0.39 is 0 Å². The highest BCUT2D eigenvalue weighted by atomic mass is 16.2. The van der Waals surface area contributed by atoms with Gasteiger partial charge in [0.15, 0.2) is 0 Å². The topological polar surface area (TPSA) is 55.1 Å². The molecule has 1 aliphatic heterocycles. The number of benzene rings is 3. The van der Waals surface area contributed by atoms with Gasteiger partial charge in [0.05, 0.1) is 29.7 Å². The van der Waals surface area contributed by atoms with Gasteiger partial charge in [0.1, 0.15) is 5.82 Å². The summed E-state index contributed by atoms with van der Waals surface area (Å²) in [6, 6.07) is 32.1. The summed E-state index contributed by atoms with van der Waals surface area (Å²) in [5.74, 6) is 0.967. The van der Waals surface area contributed by atoms with Gasteiger partial charge in [-0.05, 0) is 54.8 Å². The highest BCUT2D eigenvalue weighted by Gasteiger charge is 2.36. The molecule has 184 valence electrons. The molecule has 3 heterocycles. The molecule has 6 heteroatoms. The molecule has 6 rings (SSSR count). The van der Waals surface area contributed by atoms with E-state index in [4.69, 9.17) is 5.10 Å². The predicted molar refractivity (Wildman–Crippen MR) is 146 cm³/mol. The Morgan fingerprint density at radius 3 is 2.38 bits per heavy atom. The number of urea groups is 1. The first-order chi connectivity index (χ1) is 18.2. The largest absolute Gasteiger partial charge is 0.322 e. The fourth-order valence-corrected chi connectivity index (χ4v) is 5.27. The Morgan fingerprint density at radius 1 is 0.919 bits per heavy atom. The molecular formula is C31H29N5O. The minimum absolute atomic E-state index is 0.137. The first-order valence-corrected chi connectivity index (χ1v) is 12.7. The van der Waals surface area contributed by atoms with Gasteiger partial charge >= 0.3 is 6.03 Å². The average Bonchev–Trinajstić information content (AvgIpc) is 3.50. The summed E-state index contributed by atoms with van der Waals surface area (Å²) in [5, 5.41) is 8.14. The number of aromatic nitrogens is 3. The van der Waals surface area contributed by atoms with Gasteiger partial charge in [0, 0.05) is 17.4 Å². The Kier molecular flexibility index (Phi) is 5.85. The van der Waals surface area contributed by atoms with Crippen molar-refractivity contribution in [2.24, 2.45) is 0 Å². The lowest BCUT2D eigenvalue weighted by atomic mass is 10.0. The number of nitrogens with zero attached hydrogens (tertiary/aromatic N) is 4. The minimum atomic E-state index is -0.277. The second kappa shape index (κ2) is 9.47. The number of aryl methyl sites for hydroxylation is 2. The van der Waals surface area contributed by atoms with Gasteiger partial charge in [-0.15, -0.1) is 0 Å². The van der Waals surface area contributed by atoms with Crippen molar-refractivity contribution in [3.05, 3.63) is 131 Å². The number of anilines is 1. The number of hydrogen-bond donors (Lipinski definition) is 1. The van der Waals surface area contributed by atoms with Crippen LogP contribution in [0.3, 0.4) is 0 Å². The Balaban J connectivity index is 1.53. The maximum Gasteiger partial charge on any atom is 0.322 e. The number of amides is 2. The van der Waals surface area contributed by atoms with Crippen molar-refractivity contribution >= 4 is 11.7 Å². The number of rotatable bonds is 4. The van der Waals surface area contributed by atoms with Gasteiger partial charge in [-0.1, -0.05) is 73.7 Å². The molecule has 0 unspecified atom stereocenters. The van der Waals surface area contributed by atoms with Crippen LogP contribution in [-0.4, -0.2) is 25.3 Å². The van der Waals surface area contributed by atoms with Gasteiger partial charge in [0.25, 0.3) is 0 Å². The molecule has 2 amide bonds. The molecule has 37 heavy (non-hydrogen) atoms. The number of carbonyl (C=O) groups excluding carboxylic acids is 1. The van der Waals surface area contributed by atoms with Crippen molar-refractivity contribution in [1.29, 1.82) is 0 Å². The van der Waals surface area contributed by atoms with Crippen molar-refractivity contribution in [1.82, 2.24) is 19.2 Å². The summed E-state index contributed by atoms with van der Waals surface area (Å²) >= 11 is 0. The number of para-hydroxylation sites is 2. The third-order valence-electron chi connectivity index (χ3n) is 7.10. The molecule has 0 radical (unpaired) electrons. The monoisotopic (exact) mass is 487 g/mol. The zero-order valence-corrected chi connectivity index (χ0v) is 21.0. The van der Waals surface area contributed by atoms with Crippen LogP contribution in [0.1, 0.15) is 41.0 Å². The molecule has 0 saturated carbocycles. The average molecular weight is 488 g/mol. The molecule has 0 spiro atoms. The van der Waals surface area contributed by atoms with Crippen LogP contribution in [0.5, 0.6) is 0 Å². The van der Waals surface area contributed by atoms with Crippen LogP contribution in [0, 0.1) is 6.92 Å². The van der Waals surface area contributed by atoms with Crippen molar-refractivity contribution in [2.75, 3.05) is 5.32 Å². The SMILES string of the molecule is CCc1ccccc1NC(=O)N1Cc2c(C)nn(-c3ccccc3)c2-n2cccc2[C@H]1c1ccccc1. The van der Waals surface area contributed by atoms with Gasteiger partial charge in [-0.2, -0.15) is 5.10 Å². The van der Waals surface area contributed by atoms with E-state index in [0.717, 1.165) is 51.7 Å². The van der Waals surface area contributed by atoms with E-state index >= 15 is 0 Å². The van der Waals surface area contributed by atoms with Crippen molar-refractivity contribution in [2.45, 2.75) is 32.9 Å². The molecule has 5 aromatic rings. The molecule has 1 N–H and O–H groups in total. The molecule has 2 aromatic heterocycles. The van der Waals surface area contributed by atoms with Crippen LogP contribution in [0.4, 0.5) is 10.5 Å². The molecule has 1 aliphatic rings. The fourth-order valence-electron chi connectivity index (χ4n) is 5.27. The Bertz CT molecular complexity index is 1550. The van der Waals surface area contributed by atoms with Crippen molar-refractivity contribution in [3.63, 3.8) is 0 Å². The number of hydrogen-bond acceptors (Lipinski definition) is 2. The standard InChI is InChI=1S/C31H29N5O/c1-3-23-13-10-11-18-27(23)32-31(37)35-21-26-22(2)33-36(25-16-8-5-9-17-25)30(26)34-20-12-19-28(34)29(35)24-14-6-4-7-15-24/h4-20,29H,3,21H2,1-2H3,(H,32,37)/t29-/m1/s1. The zero-order valence-electron chi connectivity index (χ0n) is 21.0. The third-order valence-corrected chi connectivity index (χ3v) is 7.10. The highest BCUT2D eigenvalue weighted by Crippen LogP contribution is 2.38. The number of fused-ring (bicyclic) bond motifs is 3. The van der Waals surface area contributed by atoms with E-state index in [1.165, 1.54) is 0 Å². The lowest BCUT2D eigenvalue weighted by molar-refractivity contribution is 0.194. The van der Waals surface area contributed by atoms with Crippen LogP contribution >= 0.6 is 0 Å². The number of carbonyl (C=O) groups is 1. The van der Waals surface area contributed by atoms with E-state index in [2.05, 4.69) is 59.4 Å². The molecule has 6 nitrogen and oxygen atoms in total. The summed E-state index contributed by atoms with van der Waals surface area (Å²) in [4.78, 5) is 16.0. The normalized spacial score (nSPS) is 14.5. The van der Waals surface area contributed by atoms with Crippen LogP contribution in [0.15, 0.2) is 103 Å². The molecule has 0 saturated heterocycles. The van der Waals surface area contributed by atoms with Crippen LogP contribution in [-0.2, 0) is 13.0 Å². The minimum Gasteiger partial charge on any atom is -0.308 e. The van der Waals surface area contributed by atoms with Crippen LogP contribution < -0.4 is 5.32 Å². The van der Waals surface area contributed by atoms with Crippen molar-refractivity contribution in [3.8, 4) is 11.5 Å². The van der Waals surface area contributed by atoms with E-state index in [0.29, 0.717) is 6.54 Å². The van der Waals surface area contributed by atoms with Gasteiger partial charge in [-0.25, -0.2) is 9.48 Å². The maximum absolute atomic E-state index is 14.1. The molecule has 3 aromatic carbocycles. The lowest BCUT2D eigenvalue weighted by Gasteiger charge is -2.31. The lowest BCUT2D eigenvalue weighted by Crippen LogP contribution is -2.38. The van der Waals surface area contributed by atoms with Crippen molar-refractivity contribution < 1.29 is 4.79 Å². The van der Waals surface area contributed by atoms with Gasteiger partial charge in [-0.3, -0.25) is 0 Å². The van der Waals surface area contributed by atoms with E-state index in [-0.39, 0.29) is 12.1 Å². The molecule has 1 atom stereocenters. The fraction of sp³-hybridized carbons (Fsp3) is 0.161. The van der Waals surface area contributed by atoms with Crippen LogP contribution in [0.2, 0.25) is 0 Å². The molecular weight excluding hydrogens is 458 g/mol. The maximum atomic E-state index is 14.1. The predicted octanol–water partition coefficient (Wildman–Crippen LogP) is 6.67. The molecule has 0 aliphatic carbocycles. The Morgan fingerprint density at radius 2 is 1.62 bits per heavy atom. The summed E-state index contributed by atoms with van der Waals surface area (Å²) in [7, 11) is 0. The van der Waals surface area contributed by atoms with Gasteiger partial charge in [0.2, 0.25) is 0 Å². The molecule has 0 fully saturated rings. The third kappa shape index (κ3) is 4.00. The molecule has 0 bridgehead atoms. The first kappa shape index (κ1) is 22.9. The zero-order chi connectivity index (χ0) is 25.4. The summed E-state index contributed by atoms with van der Waals surface area (Å²) in [6.45, 7) is 4.55. The summed E-state index contributed by atoms with van der Waals surface area (Å²) < 4.78 is 4.18. The van der Waals surface area contributed by atoms with E-state index in [1.807, 2.05) is 77.2 Å². The smallest absolute Gasteiger partial charge is 0.308 e. The second-order valence-corrected chi connectivity index (χ2v) is 9.32. The Labute approximate surface area is 216 Å². The second-order valence-electron chi connectivity index (χ2n) is 9.32. The highest BCUT2D eigenvalue weighted by molar-refractivity contribution is 5.91. The van der Waals surface area contributed by atoms with E-state index in [9.17, 15) is 4.79 Å². The first-order valence-electron chi connectivity index (χ1n) is 12.7. The summed E-state index contributed by atoms with van der Waals surface area (Å²) in [6.07, 6.45) is 2.91. The van der Waals surface area contributed by atoms with Gasteiger partial charge < -0.3 is 14.8 Å². The summed E-state index contributed by atoms with van der Waals surface area (Å²) in [5.41, 5.74) is 6.94. The number of nitrogens with one attached hydrogen (secondary N) is 1. The van der Waals surface area contributed by atoms with Crippen LogP contribution in [0.25, 0.3) is 11.5 Å². The quantitative estimate of drug-likeness (QED) is 0.308.